The molecule has 0 aromatic rings. The first-order valence-corrected chi connectivity index (χ1v) is 5.45. The van der Waals surface area contributed by atoms with Gasteiger partial charge in [0, 0.05) is 19.1 Å². The molecule has 0 aliphatic rings. The average Bonchev–Trinajstić information content (AvgIpc) is 2.23. The van der Waals surface area contributed by atoms with E-state index in [1.54, 1.807) is 7.11 Å². The van der Waals surface area contributed by atoms with Crippen LogP contribution in [-0.4, -0.2) is 37.1 Å². The average molecular weight is 204 g/mol. The zero-order chi connectivity index (χ0) is 10.9. The molecule has 0 spiro atoms. The third-order valence-corrected chi connectivity index (χ3v) is 2.76. The number of hydrogen-bond donors (Lipinski definition) is 2. The van der Waals surface area contributed by atoms with Gasteiger partial charge in [-0.15, -0.1) is 0 Å². The minimum Gasteiger partial charge on any atom is -0.396 e. The topological polar surface area (TPSA) is 49.7 Å². The van der Waals surface area contributed by atoms with Gasteiger partial charge in [0.2, 0.25) is 0 Å². The lowest BCUT2D eigenvalue weighted by molar-refractivity contribution is 0.0354. The lowest BCUT2D eigenvalue weighted by Crippen LogP contribution is -2.29. The molecule has 0 aromatic heterocycles. The third kappa shape index (κ3) is 4.94. The summed E-state index contributed by atoms with van der Waals surface area (Å²) >= 11 is 0. The van der Waals surface area contributed by atoms with Gasteiger partial charge in [0.15, 0.2) is 0 Å². The Morgan fingerprint density at radius 2 is 1.71 bits per heavy atom. The second kappa shape index (κ2) is 8.21. The molecule has 0 aromatic carbocycles. The fourth-order valence-electron chi connectivity index (χ4n) is 1.77. The van der Waals surface area contributed by atoms with Crippen LogP contribution in [0.3, 0.4) is 0 Å². The second-order valence-corrected chi connectivity index (χ2v) is 4.02. The van der Waals surface area contributed by atoms with Gasteiger partial charge in [0.05, 0.1) is 13.2 Å². The maximum atomic E-state index is 9.27. The first kappa shape index (κ1) is 13.9. The number of rotatable bonds is 9. The van der Waals surface area contributed by atoms with E-state index >= 15 is 0 Å². The molecule has 3 nitrogen and oxygen atoms in total. The molecule has 0 unspecified atom stereocenters. The van der Waals surface area contributed by atoms with Gasteiger partial charge in [0.1, 0.15) is 0 Å². The lowest BCUT2D eigenvalue weighted by atomic mass is 9.80. The van der Waals surface area contributed by atoms with Gasteiger partial charge in [-0.2, -0.15) is 0 Å². The quantitative estimate of drug-likeness (QED) is 0.561. The molecule has 0 saturated heterocycles. The molecule has 0 saturated carbocycles. The van der Waals surface area contributed by atoms with Crippen LogP contribution in [0.4, 0.5) is 0 Å². The Balaban J connectivity index is 3.82. The number of ether oxygens (including phenoxy) is 1. The van der Waals surface area contributed by atoms with Gasteiger partial charge in [-0.3, -0.25) is 0 Å². The van der Waals surface area contributed by atoms with Crippen molar-refractivity contribution in [1.82, 2.24) is 0 Å². The zero-order valence-electron chi connectivity index (χ0n) is 9.46. The highest BCUT2D eigenvalue weighted by Crippen LogP contribution is 2.29. The summed E-state index contributed by atoms with van der Waals surface area (Å²) in [6, 6.07) is 0. The van der Waals surface area contributed by atoms with Crippen molar-refractivity contribution in [3.8, 4) is 0 Å². The van der Waals surface area contributed by atoms with Gasteiger partial charge >= 0.3 is 0 Å². The molecule has 0 atom stereocenters. The molecule has 0 radical (unpaired) electrons. The van der Waals surface area contributed by atoms with Crippen LogP contribution >= 0.6 is 0 Å². The number of aliphatic hydroxyl groups is 2. The number of aliphatic hydroxyl groups excluding tert-OH is 2. The summed E-state index contributed by atoms with van der Waals surface area (Å²) in [6.07, 6.45) is 4.80. The molecule has 3 heteroatoms. The molecule has 0 fully saturated rings. The molecule has 2 N–H and O–H groups in total. The molecule has 0 aliphatic carbocycles. The van der Waals surface area contributed by atoms with Crippen molar-refractivity contribution in [2.75, 3.05) is 26.9 Å². The van der Waals surface area contributed by atoms with E-state index in [1.165, 1.54) is 0 Å². The van der Waals surface area contributed by atoms with E-state index in [4.69, 9.17) is 4.74 Å². The summed E-state index contributed by atoms with van der Waals surface area (Å²) in [5.74, 6) is 0. The van der Waals surface area contributed by atoms with Crippen molar-refractivity contribution in [3.63, 3.8) is 0 Å². The van der Waals surface area contributed by atoms with Crippen molar-refractivity contribution in [1.29, 1.82) is 0 Å². The van der Waals surface area contributed by atoms with E-state index < -0.39 is 0 Å². The van der Waals surface area contributed by atoms with Crippen LogP contribution in [0.2, 0.25) is 0 Å². The SMILES string of the molecule is CCCC(CO)(CO)CCCCOC. The highest BCUT2D eigenvalue weighted by atomic mass is 16.5. The molecular weight excluding hydrogens is 180 g/mol. The number of unbranched alkanes of at least 4 members (excludes halogenated alkanes) is 1. The van der Waals surface area contributed by atoms with Crippen molar-refractivity contribution in [2.24, 2.45) is 5.41 Å². The van der Waals surface area contributed by atoms with E-state index in [9.17, 15) is 10.2 Å². The van der Waals surface area contributed by atoms with Crippen molar-refractivity contribution >= 4 is 0 Å². The van der Waals surface area contributed by atoms with Crippen LogP contribution in [0.15, 0.2) is 0 Å². The molecule has 0 rings (SSSR count). The predicted octanol–water partition coefficient (Wildman–Crippen LogP) is 1.57. The summed E-state index contributed by atoms with van der Waals surface area (Å²) in [6.45, 7) is 3.02. The Morgan fingerprint density at radius 3 is 2.14 bits per heavy atom. The summed E-state index contributed by atoms with van der Waals surface area (Å²) in [5, 5.41) is 18.5. The van der Waals surface area contributed by atoms with Crippen LogP contribution < -0.4 is 0 Å². The Hall–Kier alpha value is -0.120. The number of hydrogen-bond acceptors (Lipinski definition) is 3. The minimum atomic E-state index is -0.261. The normalized spacial score (nSPS) is 12.0. The maximum Gasteiger partial charge on any atom is 0.0509 e. The van der Waals surface area contributed by atoms with Crippen LogP contribution in [0.1, 0.15) is 39.0 Å². The van der Waals surface area contributed by atoms with Crippen LogP contribution in [0.5, 0.6) is 0 Å². The smallest absolute Gasteiger partial charge is 0.0509 e. The van der Waals surface area contributed by atoms with Crippen molar-refractivity contribution in [2.45, 2.75) is 39.0 Å². The molecular formula is C11H24O3. The molecule has 0 bridgehead atoms. The van der Waals surface area contributed by atoms with Gasteiger partial charge < -0.3 is 14.9 Å². The van der Waals surface area contributed by atoms with Gasteiger partial charge in [-0.25, -0.2) is 0 Å². The largest absolute Gasteiger partial charge is 0.396 e. The maximum absolute atomic E-state index is 9.27. The molecule has 0 aliphatic heterocycles. The summed E-state index contributed by atoms with van der Waals surface area (Å²) in [5.41, 5.74) is -0.261. The minimum absolute atomic E-state index is 0.0876. The van der Waals surface area contributed by atoms with Crippen LogP contribution in [0.25, 0.3) is 0 Å². The summed E-state index contributed by atoms with van der Waals surface area (Å²) < 4.78 is 4.96. The Kier molecular flexibility index (Phi) is 8.14. The van der Waals surface area contributed by atoms with E-state index in [0.717, 1.165) is 38.7 Å². The third-order valence-electron chi connectivity index (χ3n) is 2.76. The van der Waals surface area contributed by atoms with E-state index in [2.05, 4.69) is 6.92 Å². The fraction of sp³-hybridized carbons (Fsp3) is 1.00. The molecule has 14 heavy (non-hydrogen) atoms. The van der Waals surface area contributed by atoms with E-state index in [-0.39, 0.29) is 18.6 Å². The second-order valence-electron chi connectivity index (χ2n) is 4.02. The van der Waals surface area contributed by atoms with E-state index in [0.29, 0.717) is 0 Å². The van der Waals surface area contributed by atoms with Gasteiger partial charge in [-0.1, -0.05) is 19.8 Å². The Morgan fingerprint density at radius 1 is 1.07 bits per heavy atom. The van der Waals surface area contributed by atoms with Crippen LogP contribution in [-0.2, 0) is 4.74 Å². The highest BCUT2D eigenvalue weighted by Gasteiger charge is 2.26. The predicted molar refractivity (Wildman–Crippen MR) is 57.2 cm³/mol. The molecule has 0 heterocycles. The Bertz CT molecular complexity index is 122. The fourth-order valence-corrected chi connectivity index (χ4v) is 1.77. The first-order valence-electron chi connectivity index (χ1n) is 5.45. The summed E-state index contributed by atoms with van der Waals surface area (Å²) in [7, 11) is 1.69. The highest BCUT2D eigenvalue weighted by molar-refractivity contribution is 4.77. The molecule has 0 amide bonds. The zero-order valence-corrected chi connectivity index (χ0v) is 9.46. The van der Waals surface area contributed by atoms with Crippen molar-refractivity contribution in [3.05, 3.63) is 0 Å². The monoisotopic (exact) mass is 204 g/mol. The van der Waals surface area contributed by atoms with Gasteiger partial charge in [-0.05, 0) is 19.3 Å². The standard InChI is InChI=1S/C11H24O3/c1-3-6-11(9-12,10-13)7-4-5-8-14-2/h12-13H,3-10H2,1-2H3. The van der Waals surface area contributed by atoms with Gasteiger partial charge in [0.25, 0.3) is 0 Å². The first-order chi connectivity index (χ1) is 6.74. The van der Waals surface area contributed by atoms with E-state index in [1.807, 2.05) is 0 Å². The van der Waals surface area contributed by atoms with Crippen LogP contribution in [0, 0.1) is 5.41 Å². The van der Waals surface area contributed by atoms with Crippen molar-refractivity contribution < 1.29 is 14.9 Å². The number of methoxy groups -OCH3 is 1. The Labute approximate surface area is 87.1 Å². The molecule has 86 valence electrons. The summed E-state index contributed by atoms with van der Waals surface area (Å²) in [4.78, 5) is 0. The lowest BCUT2D eigenvalue weighted by Gasteiger charge is -2.29.